The summed E-state index contributed by atoms with van der Waals surface area (Å²) in [5.41, 5.74) is 1.94. The quantitative estimate of drug-likeness (QED) is 0.679. The summed E-state index contributed by atoms with van der Waals surface area (Å²) in [6.07, 6.45) is 1.59. The highest BCUT2D eigenvalue weighted by Crippen LogP contribution is 2.26. The van der Waals surface area contributed by atoms with E-state index < -0.39 is 0 Å². The van der Waals surface area contributed by atoms with Crippen LogP contribution in [0.5, 0.6) is 0 Å². The first kappa shape index (κ1) is 16.3. The van der Waals surface area contributed by atoms with Gasteiger partial charge >= 0.3 is 0 Å². The lowest BCUT2D eigenvalue weighted by Gasteiger charge is -2.14. The third-order valence-corrected chi connectivity index (χ3v) is 3.18. The molecule has 0 unspecified atom stereocenters. The average Bonchev–Trinajstić information content (AvgIpc) is 2.34. The second-order valence-electron chi connectivity index (χ2n) is 4.90. The van der Waals surface area contributed by atoms with Gasteiger partial charge in [0.15, 0.2) is 0 Å². The fraction of sp³-hybridized carbons (Fsp3) is 0.333. The lowest BCUT2D eigenvalue weighted by atomic mass is 10.1. The first-order valence-electron chi connectivity index (χ1n) is 6.24. The Hall–Kier alpha value is -1.80. The molecule has 0 aromatic heterocycles. The van der Waals surface area contributed by atoms with E-state index in [2.05, 4.69) is 21.2 Å². The number of nitrogens with one attached hydrogen (secondary N) is 1. The molecule has 5 heteroatoms. The maximum absolute atomic E-state index is 11.8. The van der Waals surface area contributed by atoms with Crippen molar-refractivity contribution in [3.8, 4) is 6.07 Å². The van der Waals surface area contributed by atoms with Gasteiger partial charge in [0.25, 0.3) is 5.91 Å². The van der Waals surface area contributed by atoms with Gasteiger partial charge in [-0.05, 0) is 53.5 Å². The second-order valence-corrected chi connectivity index (χ2v) is 5.76. The molecule has 0 bridgehead atoms. The number of hydrogen-bond acceptors (Lipinski definition) is 3. The molecule has 0 radical (unpaired) electrons. The Morgan fingerprint density at radius 2 is 2.10 bits per heavy atom. The third-order valence-electron chi connectivity index (χ3n) is 2.55. The van der Waals surface area contributed by atoms with Crippen molar-refractivity contribution in [2.24, 2.45) is 0 Å². The first-order valence-corrected chi connectivity index (χ1v) is 7.04. The van der Waals surface area contributed by atoms with E-state index in [1.807, 2.05) is 57.1 Å². The average molecular weight is 336 g/mol. The lowest BCUT2D eigenvalue weighted by Crippen LogP contribution is -2.30. The normalized spacial score (nSPS) is 11.2. The first-order chi connectivity index (χ1) is 9.35. The molecule has 0 aliphatic carbocycles. The van der Waals surface area contributed by atoms with Crippen molar-refractivity contribution in [3.63, 3.8) is 0 Å². The van der Waals surface area contributed by atoms with Gasteiger partial charge in [-0.3, -0.25) is 4.79 Å². The van der Waals surface area contributed by atoms with Crippen molar-refractivity contribution >= 4 is 33.6 Å². The fourth-order valence-electron chi connectivity index (χ4n) is 1.63. The van der Waals surface area contributed by atoms with Crippen LogP contribution < -0.4 is 10.2 Å². The summed E-state index contributed by atoms with van der Waals surface area (Å²) >= 11 is 3.48. The van der Waals surface area contributed by atoms with Gasteiger partial charge in [-0.2, -0.15) is 5.26 Å². The highest BCUT2D eigenvalue weighted by molar-refractivity contribution is 9.10. The summed E-state index contributed by atoms with van der Waals surface area (Å²) in [4.78, 5) is 13.8. The molecule has 0 spiro atoms. The summed E-state index contributed by atoms with van der Waals surface area (Å²) in [6, 6.07) is 7.63. The largest absolute Gasteiger partial charge is 0.377 e. The number of hydrogen-bond donors (Lipinski definition) is 1. The van der Waals surface area contributed by atoms with Gasteiger partial charge in [0.05, 0.1) is 5.69 Å². The lowest BCUT2D eigenvalue weighted by molar-refractivity contribution is -0.117. The Kier molecular flexibility index (Phi) is 5.78. The number of carbonyl (C=O) groups excluding carboxylic acids is 1. The van der Waals surface area contributed by atoms with Crippen LogP contribution in [0.4, 0.5) is 5.69 Å². The fourth-order valence-corrected chi connectivity index (χ4v) is 2.38. The van der Waals surface area contributed by atoms with E-state index in [9.17, 15) is 4.79 Å². The molecule has 0 saturated heterocycles. The molecule has 1 aromatic rings. The van der Waals surface area contributed by atoms with Crippen molar-refractivity contribution in [2.45, 2.75) is 19.9 Å². The molecule has 1 rings (SSSR count). The number of rotatable bonds is 4. The minimum atomic E-state index is -0.352. The predicted octanol–water partition coefficient (Wildman–Crippen LogP) is 2.95. The Balaban J connectivity index is 3.06. The zero-order valence-corrected chi connectivity index (χ0v) is 13.7. The van der Waals surface area contributed by atoms with Gasteiger partial charge in [0, 0.05) is 24.6 Å². The van der Waals surface area contributed by atoms with Crippen molar-refractivity contribution in [2.75, 3.05) is 19.0 Å². The number of nitrogens with zero attached hydrogens (tertiary/aromatic N) is 2. The topological polar surface area (TPSA) is 56.1 Å². The van der Waals surface area contributed by atoms with Crippen molar-refractivity contribution in [1.82, 2.24) is 5.32 Å². The van der Waals surface area contributed by atoms with Gasteiger partial charge in [0.2, 0.25) is 0 Å². The standard InChI is InChI=1S/C15H18BrN3O/c1-10(2)18-15(20)12(9-17)7-11-5-6-14(19(3)4)13(16)8-11/h5-8,10H,1-4H3,(H,18,20). The predicted molar refractivity (Wildman–Crippen MR) is 85.3 cm³/mol. The second kappa shape index (κ2) is 7.11. The van der Waals surface area contributed by atoms with Crippen LogP contribution >= 0.6 is 15.9 Å². The summed E-state index contributed by atoms with van der Waals surface area (Å²) < 4.78 is 0.915. The molecule has 1 amide bonds. The summed E-state index contributed by atoms with van der Waals surface area (Å²) in [5.74, 6) is -0.352. The van der Waals surface area contributed by atoms with Crippen LogP contribution in [0.3, 0.4) is 0 Å². The molecular formula is C15H18BrN3O. The molecule has 1 N–H and O–H groups in total. The number of carbonyl (C=O) groups is 1. The molecule has 20 heavy (non-hydrogen) atoms. The molecule has 0 aliphatic rings. The highest BCUT2D eigenvalue weighted by atomic mass is 79.9. The molecule has 0 atom stereocenters. The number of anilines is 1. The van der Waals surface area contributed by atoms with Crippen LogP contribution in [0.2, 0.25) is 0 Å². The zero-order valence-electron chi connectivity index (χ0n) is 12.1. The van der Waals surface area contributed by atoms with Gasteiger partial charge in [-0.15, -0.1) is 0 Å². The van der Waals surface area contributed by atoms with Crippen molar-refractivity contribution in [3.05, 3.63) is 33.8 Å². The number of halogens is 1. The van der Waals surface area contributed by atoms with E-state index in [0.717, 1.165) is 15.7 Å². The van der Waals surface area contributed by atoms with Crippen LogP contribution in [0.1, 0.15) is 19.4 Å². The molecule has 0 heterocycles. The van der Waals surface area contributed by atoms with Crippen molar-refractivity contribution < 1.29 is 4.79 Å². The number of benzene rings is 1. The van der Waals surface area contributed by atoms with Crippen LogP contribution in [0.25, 0.3) is 6.08 Å². The van der Waals surface area contributed by atoms with E-state index in [4.69, 9.17) is 5.26 Å². The maximum Gasteiger partial charge on any atom is 0.262 e. The molecule has 106 valence electrons. The van der Waals surface area contributed by atoms with Gasteiger partial charge < -0.3 is 10.2 Å². The Morgan fingerprint density at radius 3 is 2.55 bits per heavy atom. The SMILES string of the molecule is CC(C)NC(=O)C(C#N)=Cc1ccc(N(C)C)c(Br)c1. The minimum Gasteiger partial charge on any atom is -0.377 e. The zero-order chi connectivity index (χ0) is 15.3. The number of nitriles is 1. The van der Waals surface area contributed by atoms with E-state index in [-0.39, 0.29) is 17.5 Å². The van der Waals surface area contributed by atoms with Crippen molar-refractivity contribution in [1.29, 1.82) is 5.26 Å². The van der Waals surface area contributed by atoms with E-state index in [1.165, 1.54) is 0 Å². The minimum absolute atomic E-state index is 0.00195. The van der Waals surface area contributed by atoms with Crippen LogP contribution in [0.15, 0.2) is 28.2 Å². The van der Waals surface area contributed by atoms with E-state index >= 15 is 0 Å². The monoisotopic (exact) mass is 335 g/mol. The third kappa shape index (κ3) is 4.39. The molecule has 0 aliphatic heterocycles. The van der Waals surface area contributed by atoms with Crippen LogP contribution in [-0.4, -0.2) is 26.0 Å². The highest BCUT2D eigenvalue weighted by Gasteiger charge is 2.10. The summed E-state index contributed by atoms with van der Waals surface area (Å²) in [6.45, 7) is 3.71. The van der Waals surface area contributed by atoms with Gasteiger partial charge in [-0.25, -0.2) is 0 Å². The van der Waals surface area contributed by atoms with Gasteiger partial charge in [-0.1, -0.05) is 6.07 Å². The Bertz CT molecular complexity index is 571. The maximum atomic E-state index is 11.8. The molecule has 4 nitrogen and oxygen atoms in total. The number of amides is 1. The molecule has 0 saturated carbocycles. The molecular weight excluding hydrogens is 318 g/mol. The Morgan fingerprint density at radius 1 is 1.45 bits per heavy atom. The molecule has 1 aromatic carbocycles. The summed E-state index contributed by atoms with van der Waals surface area (Å²) in [7, 11) is 3.90. The molecule has 0 fully saturated rings. The van der Waals surface area contributed by atoms with Crippen LogP contribution in [0, 0.1) is 11.3 Å². The summed E-state index contributed by atoms with van der Waals surface area (Å²) in [5, 5.41) is 11.8. The Labute approximate surface area is 128 Å². The van der Waals surface area contributed by atoms with E-state index in [1.54, 1.807) is 6.08 Å². The van der Waals surface area contributed by atoms with Gasteiger partial charge in [0.1, 0.15) is 11.6 Å². The van der Waals surface area contributed by atoms with Crippen LogP contribution in [-0.2, 0) is 4.79 Å². The van der Waals surface area contributed by atoms with E-state index in [0.29, 0.717) is 0 Å². The smallest absolute Gasteiger partial charge is 0.262 e.